The molecule has 2 aliphatic carbocycles. The molecule has 5 rings (SSSR count). The maximum absolute atomic E-state index is 13.1. The molecule has 1 aromatic carbocycles. The zero-order chi connectivity index (χ0) is 26.2. The monoisotopic (exact) mass is 511 g/mol. The average molecular weight is 512 g/mol. The van der Waals surface area contributed by atoms with E-state index in [-0.39, 0.29) is 23.6 Å². The molecule has 0 atom stereocenters. The number of likely N-dealkylation sites (tertiary alicyclic amines) is 1. The largest absolute Gasteiger partial charge is 0.494 e. The first kappa shape index (κ1) is 26.3. The first-order valence-electron chi connectivity index (χ1n) is 14.5. The standard InChI is InChI=1S/C30H45N3O4/c1-5-36-26-18-23(25(17-21(26)3)22-7-8-22)19-32-15-13-30(14-16-32)20-33(28(35)31-30)24-9-11-29(4,12-10-24)27(34)37-6-2/h17-18,22,24H,5-16,19-20H2,1-4H3,(H,31,35). The number of urea groups is 1. The third kappa shape index (κ3) is 5.47. The second-order valence-corrected chi connectivity index (χ2v) is 12.2. The second-order valence-electron chi connectivity index (χ2n) is 12.2. The van der Waals surface area contributed by atoms with Gasteiger partial charge >= 0.3 is 12.0 Å². The molecule has 0 aromatic heterocycles. The number of amides is 2. The Kier molecular flexibility index (Phi) is 7.45. The van der Waals surface area contributed by atoms with Crippen LogP contribution >= 0.6 is 0 Å². The van der Waals surface area contributed by atoms with Crippen LogP contribution in [0.3, 0.4) is 0 Å². The average Bonchev–Trinajstić information content (AvgIpc) is 3.67. The Morgan fingerprint density at radius 2 is 1.76 bits per heavy atom. The van der Waals surface area contributed by atoms with Gasteiger partial charge in [-0.3, -0.25) is 9.69 Å². The third-order valence-corrected chi connectivity index (χ3v) is 9.33. The number of benzene rings is 1. The van der Waals surface area contributed by atoms with Crippen LogP contribution in [0.4, 0.5) is 4.79 Å². The van der Waals surface area contributed by atoms with Crippen LogP contribution in [0.2, 0.25) is 0 Å². The number of esters is 1. The Balaban J connectivity index is 1.18. The van der Waals surface area contributed by atoms with Crippen molar-refractivity contribution in [3.05, 3.63) is 28.8 Å². The molecule has 2 heterocycles. The molecule has 2 saturated heterocycles. The van der Waals surface area contributed by atoms with Gasteiger partial charge in [0.2, 0.25) is 0 Å². The summed E-state index contributed by atoms with van der Waals surface area (Å²) in [6.07, 6.45) is 7.85. The summed E-state index contributed by atoms with van der Waals surface area (Å²) in [5, 5.41) is 3.39. The van der Waals surface area contributed by atoms with Crippen LogP contribution in [0.5, 0.6) is 5.75 Å². The Morgan fingerprint density at radius 1 is 1.05 bits per heavy atom. The van der Waals surface area contributed by atoms with E-state index in [4.69, 9.17) is 9.47 Å². The Morgan fingerprint density at radius 3 is 2.38 bits per heavy atom. The number of hydrogen-bond donors (Lipinski definition) is 1. The van der Waals surface area contributed by atoms with E-state index in [1.54, 1.807) is 0 Å². The fourth-order valence-corrected chi connectivity index (χ4v) is 6.73. The fraction of sp³-hybridized carbons (Fsp3) is 0.733. The van der Waals surface area contributed by atoms with Crippen molar-refractivity contribution in [3.8, 4) is 5.75 Å². The van der Waals surface area contributed by atoms with Gasteiger partial charge < -0.3 is 19.7 Å². The maximum atomic E-state index is 13.1. The summed E-state index contributed by atoms with van der Waals surface area (Å²) >= 11 is 0. The van der Waals surface area contributed by atoms with Crippen LogP contribution in [-0.2, 0) is 16.1 Å². The number of rotatable bonds is 8. The number of hydrogen-bond acceptors (Lipinski definition) is 5. The number of ether oxygens (including phenoxy) is 2. The van der Waals surface area contributed by atoms with E-state index >= 15 is 0 Å². The molecular formula is C30H45N3O4. The summed E-state index contributed by atoms with van der Waals surface area (Å²) in [5.41, 5.74) is 3.62. The van der Waals surface area contributed by atoms with Gasteiger partial charge in [-0.2, -0.15) is 0 Å². The third-order valence-electron chi connectivity index (χ3n) is 9.33. The molecule has 4 fully saturated rings. The van der Waals surface area contributed by atoms with Crippen LogP contribution in [-0.4, -0.2) is 66.2 Å². The van der Waals surface area contributed by atoms with E-state index < -0.39 is 5.41 Å². The van der Waals surface area contributed by atoms with Crippen molar-refractivity contribution in [2.24, 2.45) is 5.41 Å². The summed E-state index contributed by atoms with van der Waals surface area (Å²) in [4.78, 5) is 30.1. The minimum absolute atomic E-state index is 0.0779. The van der Waals surface area contributed by atoms with E-state index in [1.807, 2.05) is 20.8 Å². The Bertz CT molecular complexity index is 1000. The van der Waals surface area contributed by atoms with Gasteiger partial charge in [0.05, 0.1) is 24.2 Å². The van der Waals surface area contributed by atoms with Crippen molar-refractivity contribution in [2.75, 3.05) is 32.8 Å². The molecule has 7 heteroatoms. The SMILES string of the molecule is CCOC(=O)C1(C)CCC(N2CC3(CCN(Cc4cc(OCC)c(C)cc4C4CC4)CC3)NC2=O)CC1. The van der Waals surface area contributed by atoms with Crippen LogP contribution in [0.15, 0.2) is 12.1 Å². The van der Waals surface area contributed by atoms with Crippen molar-refractivity contribution < 1.29 is 19.1 Å². The van der Waals surface area contributed by atoms with Gasteiger partial charge in [-0.05, 0) is 108 Å². The predicted molar refractivity (Wildman–Crippen MR) is 144 cm³/mol. The molecule has 1 N–H and O–H groups in total. The van der Waals surface area contributed by atoms with Crippen LogP contribution in [0.1, 0.15) is 94.7 Å². The van der Waals surface area contributed by atoms with Crippen LogP contribution in [0, 0.1) is 12.3 Å². The van der Waals surface area contributed by atoms with Gasteiger partial charge in [-0.25, -0.2) is 4.79 Å². The van der Waals surface area contributed by atoms with E-state index in [0.29, 0.717) is 19.1 Å². The van der Waals surface area contributed by atoms with Gasteiger partial charge in [-0.1, -0.05) is 6.07 Å². The smallest absolute Gasteiger partial charge is 0.318 e. The highest BCUT2D eigenvalue weighted by molar-refractivity contribution is 5.79. The number of piperidine rings is 1. The zero-order valence-corrected chi connectivity index (χ0v) is 23.2. The lowest BCUT2D eigenvalue weighted by atomic mass is 9.73. The molecule has 2 aliphatic heterocycles. The Hall–Kier alpha value is -2.28. The van der Waals surface area contributed by atoms with E-state index in [2.05, 4.69) is 34.2 Å². The number of carbonyl (C=O) groups is 2. The first-order chi connectivity index (χ1) is 17.8. The molecule has 0 radical (unpaired) electrons. The molecule has 2 amide bonds. The van der Waals surface area contributed by atoms with Gasteiger partial charge in [0.15, 0.2) is 0 Å². The molecule has 1 spiro atoms. The highest BCUT2D eigenvalue weighted by Crippen LogP contribution is 2.44. The van der Waals surface area contributed by atoms with E-state index in [9.17, 15) is 9.59 Å². The second kappa shape index (κ2) is 10.5. The summed E-state index contributed by atoms with van der Waals surface area (Å²) in [7, 11) is 0. The lowest BCUT2D eigenvalue weighted by molar-refractivity contribution is -0.156. The highest BCUT2D eigenvalue weighted by Gasteiger charge is 2.48. The van der Waals surface area contributed by atoms with Gasteiger partial charge in [0.25, 0.3) is 0 Å². The number of aryl methyl sites for hydroxylation is 1. The molecule has 37 heavy (non-hydrogen) atoms. The molecule has 1 aromatic rings. The normalized spacial score (nSPS) is 27.8. The van der Waals surface area contributed by atoms with Crippen molar-refractivity contribution >= 4 is 12.0 Å². The highest BCUT2D eigenvalue weighted by atomic mass is 16.5. The molecule has 0 unspecified atom stereocenters. The van der Waals surface area contributed by atoms with Crippen LogP contribution in [0.25, 0.3) is 0 Å². The fourth-order valence-electron chi connectivity index (χ4n) is 6.73. The predicted octanol–water partition coefficient (Wildman–Crippen LogP) is 5.14. The molecular weight excluding hydrogens is 466 g/mol. The quantitative estimate of drug-likeness (QED) is 0.489. The van der Waals surface area contributed by atoms with Gasteiger partial charge in [-0.15, -0.1) is 0 Å². The van der Waals surface area contributed by atoms with Crippen molar-refractivity contribution in [2.45, 2.75) is 103 Å². The minimum Gasteiger partial charge on any atom is -0.494 e. The number of nitrogens with one attached hydrogen (secondary N) is 1. The maximum Gasteiger partial charge on any atom is 0.318 e. The van der Waals surface area contributed by atoms with Gasteiger partial charge in [0, 0.05) is 32.2 Å². The molecule has 4 aliphatic rings. The van der Waals surface area contributed by atoms with Crippen molar-refractivity contribution in [1.82, 2.24) is 15.1 Å². The summed E-state index contributed by atoms with van der Waals surface area (Å²) in [6, 6.07) is 4.93. The number of nitrogens with zero attached hydrogens (tertiary/aromatic N) is 2. The topological polar surface area (TPSA) is 71.1 Å². The van der Waals surface area contributed by atoms with E-state index in [1.165, 1.54) is 29.5 Å². The first-order valence-corrected chi connectivity index (χ1v) is 14.5. The van der Waals surface area contributed by atoms with Crippen LogP contribution < -0.4 is 10.1 Å². The van der Waals surface area contributed by atoms with E-state index in [0.717, 1.165) is 70.5 Å². The van der Waals surface area contributed by atoms with Gasteiger partial charge in [0.1, 0.15) is 5.75 Å². The lowest BCUT2D eigenvalue weighted by Crippen LogP contribution is -2.52. The molecule has 0 bridgehead atoms. The molecule has 7 nitrogen and oxygen atoms in total. The molecule has 204 valence electrons. The summed E-state index contributed by atoms with van der Waals surface area (Å²) in [5.74, 6) is 1.64. The molecule has 2 saturated carbocycles. The van der Waals surface area contributed by atoms with Crippen molar-refractivity contribution in [1.29, 1.82) is 0 Å². The lowest BCUT2D eigenvalue weighted by Gasteiger charge is -2.41. The van der Waals surface area contributed by atoms with Crippen molar-refractivity contribution in [3.63, 3.8) is 0 Å². The number of carbonyl (C=O) groups excluding carboxylic acids is 2. The minimum atomic E-state index is -0.414. The summed E-state index contributed by atoms with van der Waals surface area (Å²) in [6.45, 7) is 12.9. The Labute approximate surface area is 222 Å². The summed E-state index contributed by atoms with van der Waals surface area (Å²) < 4.78 is 11.2. The zero-order valence-electron chi connectivity index (χ0n) is 23.2.